The molecule has 0 radical (unpaired) electrons. The third-order valence-electron chi connectivity index (χ3n) is 4.49. The van der Waals surface area contributed by atoms with Crippen LogP contribution in [0.25, 0.3) is 32.5 Å². The fraction of sp³-hybridized carbons (Fsp3) is 0.182. The molecule has 2 aromatic carbocycles. The summed E-state index contributed by atoms with van der Waals surface area (Å²) in [7, 11) is 1.72. The molecule has 0 unspecified atom stereocenters. The summed E-state index contributed by atoms with van der Waals surface area (Å²) in [6.07, 6.45) is 2.56. The Morgan fingerprint density at radius 2 is 1.67 bits per heavy atom. The van der Waals surface area contributed by atoms with Gasteiger partial charge in [-0.1, -0.05) is 54.6 Å². The second kappa shape index (κ2) is 8.29. The first-order valence-corrected chi connectivity index (χ1v) is 9.85. The molecule has 0 aliphatic rings. The minimum absolute atomic E-state index is 0.735. The van der Waals surface area contributed by atoms with E-state index in [2.05, 4.69) is 69.2 Å². The minimum atomic E-state index is 0.735. The van der Waals surface area contributed by atoms with Crippen LogP contribution in [-0.2, 0) is 4.74 Å². The van der Waals surface area contributed by atoms with E-state index in [-0.39, 0.29) is 0 Å². The van der Waals surface area contributed by atoms with Crippen molar-refractivity contribution < 1.29 is 4.74 Å². The molecule has 0 aliphatic carbocycles. The highest BCUT2D eigenvalue weighted by Crippen LogP contribution is 2.37. The first kappa shape index (κ1) is 17.6. The Balaban J connectivity index is 1.65. The number of nitrogens with zero attached hydrogens (tertiary/aromatic N) is 2. The van der Waals surface area contributed by atoms with Gasteiger partial charge in [-0.2, -0.15) is 0 Å². The average molecular weight is 375 g/mol. The van der Waals surface area contributed by atoms with Gasteiger partial charge >= 0.3 is 0 Å². The van der Waals surface area contributed by atoms with Crippen LogP contribution in [0.5, 0.6) is 0 Å². The number of fused-ring (bicyclic) bond motifs is 1. The van der Waals surface area contributed by atoms with E-state index < -0.39 is 0 Å². The molecule has 0 aliphatic heterocycles. The van der Waals surface area contributed by atoms with Gasteiger partial charge in [0.2, 0.25) is 0 Å². The van der Waals surface area contributed by atoms with Gasteiger partial charge in [-0.25, -0.2) is 9.97 Å². The molecule has 2 aromatic heterocycles. The molecule has 1 N–H and O–H groups in total. The van der Waals surface area contributed by atoms with Crippen molar-refractivity contribution in [3.8, 4) is 22.3 Å². The molecule has 136 valence electrons. The molecule has 4 aromatic rings. The Morgan fingerprint density at radius 1 is 0.926 bits per heavy atom. The van der Waals surface area contributed by atoms with Crippen molar-refractivity contribution in [3.63, 3.8) is 0 Å². The molecule has 4 nitrogen and oxygen atoms in total. The van der Waals surface area contributed by atoms with E-state index in [0.29, 0.717) is 0 Å². The fourth-order valence-corrected chi connectivity index (χ4v) is 4.03. The van der Waals surface area contributed by atoms with Gasteiger partial charge in [0.25, 0.3) is 0 Å². The van der Waals surface area contributed by atoms with E-state index in [9.17, 15) is 0 Å². The molecule has 27 heavy (non-hydrogen) atoms. The maximum Gasteiger partial charge on any atom is 0.138 e. The summed E-state index contributed by atoms with van der Waals surface area (Å²) in [5, 5.41) is 6.69. The molecule has 0 bridgehead atoms. The third kappa shape index (κ3) is 3.84. The summed E-state index contributed by atoms with van der Waals surface area (Å²) in [4.78, 5) is 9.91. The van der Waals surface area contributed by atoms with E-state index in [1.165, 1.54) is 22.3 Å². The second-order valence-electron chi connectivity index (χ2n) is 6.27. The standard InChI is InChI=1S/C22H21N3OS/c1-26-13-5-12-23-21-20-19(14-27-22(20)25-15-24-21)18-10-8-17(9-11-18)16-6-3-2-4-7-16/h2-4,6-11,14-15H,5,12-13H2,1H3,(H,23,24,25). The molecule has 0 amide bonds. The quantitative estimate of drug-likeness (QED) is 0.435. The summed E-state index contributed by atoms with van der Waals surface area (Å²) < 4.78 is 5.12. The summed E-state index contributed by atoms with van der Waals surface area (Å²) >= 11 is 1.65. The van der Waals surface area contributed by atoms with Crippen LogP contribution in [0, 0.1) is 0 Å². The highest BCUT2D eigenvalue weighted by atomic mass is 32.1. The van der Waals surface area contributed by atoms with E-state index in [0.717, 1.165) is 35.6 Å². The lowest BCUT2D eigenvalue weighted by atomic mass is 10.0. The van der Waals surface area contributed by atoms with Crippen LogP contribution >= 0.6 is 11.3 Å². The molecule has 5 heteroatoms. The van der Waals surface area contributed by atoms with Gasteiger partial charge in [0.1, 0.15) is 17.0 Å². The third-order valence-corrected chi connectivity index (χ3v) is 5.38. The lowest BCUT2D eigenvalue weighted by molar-refractivity contribution is 0.198. The first-order valence-electron chi connectivity index (χ1n) is 8.97. The summed E-state index contributed by atoms with van der Waals surface area (Å²) in [6, 6.07) is 19.1. The molecule has 0 spiro atoms. The monoisotopic (exact) mass is 375 g/mol. The number of methoxy groups -OCH3 is 1. The van der Waals surface area contributed by atoms with Gasteiger partial charge < -0.3 is 10.1 Å². The van der Waals surface area contributed by atoms with Crippen LogP contribution in [0.15, 0.2) is 66.3 Å². The molecule has 0 fully saturated rings. The van der Waals surface area contributed by atoms with Gasteiger partial charge in [0, 0.05) is 31.2 Å². The Hall–Kier alpha value is -2.76. The predicted octanol–water partition coefficient (Wildman–Crippen LogP) is 5.47. The van der Waals surface area contributed by atoms with Crippen LogP contribution < -0.4 is 5.32 Å². The number of ether oxygens (including phenoxy) is 1. The van der Waals surface area contributed by atoms with Crippen molar-refractivity contribution >= 4 is 27.4 Å². The zero-order valence-electron chi connectivity index (χ0n) is 15.2. The predicted molar refractivity (Wildman–Crippen MR) is 113 cm³/mol. The zero-order valence-corrected chi connectivity index (χ0v) is 16.0. The fourth-order valence-electron chi connectivity index (χ4n) is 3.12. The number of anilines is 1. The molecule has 0 saturated heterocycles. The number of nitrogens with one attached hydrogen (secondary N) is 1. The van der Waals surface area contributed by atoms with Crippen LogP contribution in [0.2, 0.25) is 0 Å². The van der Waals surface area contributed by atoms with E-state index in [1.54, 1.807) is 24.8 Å². The topological polar surface area (TPSA) is 47.0 Å². The molecular weight excluding hydrogens is 354 g/mol. The lowest BCUT2D eigenvalue weighted by Crippen LogP contribution is -2.06. The molecular formula is C22H21N3OS. The van der Waals surface area contributed by atoms with Crippen LogP contribution in [0.4, 0.5) is 5.82 Å². The number of thiophene rings is 1. The van der Waals surface area contributed by atoms with Crippen molar-refractivity contribution in [1.29, 1.82) is 0 Å². The Morgan fingerprint density at radius 3 is 2.44 bits per heavy atom. The van der Waals surface area contributed by atoms with E-state index in [1.807, 2.05) is 6.07 Å². The number of rotatable bonds is 7. The smallest absolute Gasteiger partial charge is 0.138 e. The summed E-state index contributed by atoms with van der Waals surface area (Å²) in [5.41, 5.74) is 4.79. The van der Waals surface area contributed by atoms with Gasteiger partial charge in [0.15, 0.2) is 0 Å². The number of aromatic nitrogens is 2. The van der Waals surface area contributed by atoms with Crippen LogP contribution in [-0.4, -0.2) is 30.2 Å². The van der Waals surface area contributed by atoms with Gasteiger partial charge in [0.05, 0.1) is 5.39 Å². The first-order chi connectivity index (χ1) is 13.4. The largest absolute Gasteiger partial charge is 0.385 e. The van der Waals surface area contributed by atoms with Gasteiger partial charge in [-0.05, 0) is 23.1 Å². The van der Waals surface area contributed by atoms with Gasteiger partial charge in [-0.15, -0.1) is 11.3 Å². The Bertz CT molecular complexity index is 1010. The van der Waals surface area contributed by atoms with Crippen molar-refractivity contribution in [1.82, 2.24) is 9.97 Å². The number of hydrogen-bond acceptors (Lipinski definition) is 5. The minimum Gasteiger partial charge on any atom is -0.385 e. The van der Waals surface area contributed by atoms with Crippen molar-refractivity contribution in [2.45, 2.75) is 6.42 Å². The van der Waals surface area contributed by atoms with Crippen LogP contribution in [0.1, 0.15) is 6.42 Å². The maximum absolute atomic E-state index is 5.12. The second-order valence-corrected chi connectivity index (χ2v) is 7.13. The highest BCUT2D eigenvalue weighted by Gasteiger charge is 2.13. The number of benzene rings is 2. The SMILES string of the molecule is COCCCNc1ncnc2scc(-c3ccc(-c4ccccc4)cc3)c12. The van der Waals surface area contributed by atoms with E-state index in [4.69, 9.17) is 4.74 Å². The number of hydrogen-bond donors (Lipinski definition) is 1. The Labute approximate surface area is 162 Å². The van der Waals surface area contributed by atoms with Crippen molar-refractivity contribution in [2.24, 2.45) is 0 Å². The maximum atomic E-state index is 5.12. The Kier molecular flexibility index (Phi) is 5.42. The molecule has 4 rings (SSSR count). The van der Waals surface area contributed by atoms with Crippen molar-refractivity contribution in [3.05, 3.63) is 66.3 Å². The average Bonchev–Trinajstić information content (AvgIpc) is 3.17. The summed E-state index contributed by atoms with van der Waals surface area (Å²) in [5.74, 6) is 0.888. The van der Waals surface area contributed by atoms with E-state index >= 15 is 0 Å². The zero-order chi connectivity index (χ0) is 18.5. The normalized spacial score (nSPS) is 11.0. The highest BCUT2D eigenvalue weighted by molar-refractivity contribution is 7.17. The summed E-state index contributed by atoms with van der Waals surface area (Å²) in [6.45, 7) is 1.56. The van der Waals surface area contributed by atoms with Gasteiger partial charge in [-0.3, -0.25) is 0 Å². The van der Waals surface area contributed by atoms with Crippen LogP contribution in [0.3, 0.4) is 0 Å². The van der Waals surface area contributed by atoms with Crippen molar-refractivity contribution in [2.75, 3.05) is 25.6 Å². The molecule has 0 atom stereocenters. The molecule has 2 heterocycles. The molecule has 0 saturated carbocycles. The lowest BCUT2D eigenvalue weighted by Gasteiger charge is -2.09.